The Morgan fingerprint density at radius 2 is 1.69 bits per heavy atom. The summed E-state index contributed by atoms with van der Waals surface area (Å²) in [5.41, 5.74) is 4.40. The molecule has 1 aromatic heterocycles. The van der Waals surface area contributed by atoms with Crippen LogP contribution in [0.5, 0.6) is 0 Å². The molecule has 0 spiro atoms. The molecule has 2 atom stereocenters. The van der Waals surface area contributed by atoms with Crippen LogP contribution in [0.3, 0.4) is 0 Å². The molecule has 0 unspecified atom stereocenters. The van der Waals surface area contributed by atoms with Gasteiger partial charge in [0.1, 0.15) is 11.4 Å². The number of nitrogens with one attached hydrogen (secondary N) is 1. The Balaban J connectivity index is 1.30. The van der Waals surface area contributed by atoms with E-state index < -0.39 is 23.7 Å². The van der Waals surface area contributed by atoms with Gasteiger partial charge in [0.2, 0.25) is 5.91 Å². The van der Waals surface area contributed by atoms with E-state index >= 15 is 0 Å². The Hall–Kier alpha value is -4.70. The summed E-state index contributed by atoms with van der Waals surface area (Å²) in [6.07, 6.45) is 2.70. The number of piperidine rings is 1. The highest BCUT2D eigenvalue weighted by Gasteiger charge is 2.30. The van der Waals surface area contributed by atoms with Crippen LogP contribution in [-0.2, 0) is 27.2 Å². The molecule has 1 fully saturated rings. The number of carboxylic acids is 1. The summed E-state index contributed by atoms with van der Waals surface area (Å²) in [4.78, 5) is 44.9. The number of para-hydroxylation sites is 2. The molecule has 1 aliphatic heterocycles. The van der Waals surface area contributed by atoms with Gasteiger partial charge in [0.25, 0.3) is 0 Å². The maximum Gasteiger partial charge on any atom is 0.407 e. The van der Waals surface area contributed by atoms with E-state index in [9.17, 15) is 19.5 Å². The Morgan fingerprint density at radius 3 is 2.35 bits per heavy atom. The molecular weight excluding hydrogens is 608 g/mol. The number of benzene rings is 3. The van der Waals surface area contributed by atoms with Crippen LogP contribution < -0.4 is 5.32 Å². The quantitative estimate of drug-likeness (QED) is 0.164. The van der Waals surface area contributed by atoms with Gasteiger partial charge in [-0.3, -0.25) is 4.79 Å². The summed E-state index contributed by atoms with van der Waals surface area (Å²) in [6.45, 7) is 8.12. The third-order valence-electron chi connectivity index (χ3n) is 8.60. The highest BCUT2D eigenvalue weighted by molar-refractivity contribution is 5.88. The Bertz CT molecular complexity index is 1710. The molecule has 0 bridgehead atoms. The number of fused-ring (bicyclic) bond motifs is 1. The van der Waals surface area contributed by atoms with Crippen LogP contribution in [0.25, 0.3) is 22.2 Å². The summed E-state index contributed by atoms with van der Waals surface area (Å²) >= 11 is 0. The molecule has 1 aliphatic rings. The second-order valence-corrected chi connectivity index (χ2v) is 13.5. The fourth-order valence-electron chi connectivity index (χ4n) is 6.33. The van der Waals surface area contributed by atoms with Crippen LogP contribution in [0.2, 0.25) is 0 Å². The van der Waals surface area contributed by atoms with Crippen LogP contribution in [-0.4, -0.2) is 76.0 Å². The van der Waals surface area contributed by atoms with Gasteiger partial charge in [-0.2, -0.15) is 0 Å². The van der Waals surface area contributed by atoms with E-state index in [0.29, 0.717) is 26.1 Å². The summed E-state index contributed by atoms with van der Waals surface area (Å²) < 4.78 is 13.2. The van der Waals surface area contributed by atoms with Crippen molar-refractivity contribution in [2.24, 2.45) is 0 Å². The van der Waals surface area contributed by atoms with E-state index in [1.165, 1.54) is 0 Å². The van der Waals surface area contributed by atoms with E-state index in [1.54, 1.807) is 31.4 Å². The first-order valence-corrected chi connectivity index (χ1v) is 16.6. The Kier molecular flexibility index (Phi) is 11.2. The SMILES string of the molecule is COCCCn1c([C@@H]2CCCN(C(=O)C[C@@H](Cc3ccc(-c4ccc(C(=O)O)cc4)cc3)NC(=O)OC(C)(C)C)C2)nc2ccccc21. The van der Waals surface area contributed by atoms with Gasteiger partial charge < -0.3 is 29.4 Å². The van der Waals surface area contributed by atoms with Crippen molar-refractivity contribution >= 4 is 29.0 Å². The molecule has 1 saturated heterocycles. The zero-order valence-corrected chi connectivity index (χ0v) is 28.3. The van der Waals surface area contributed by atoms with Gasteiger partial charge in [0.15, 0.2) is 0 Å². The number of amides is 2. The maximum atomic E-state index is 13.9. The maximum absolute atomic E-state index is 13.9. The minimum absolute atomic E-state index is 0.0158. The van der Waals surface area contributed by atoms with Gasteiger partial charge in [-0.25, -0.2) is 14.6 Å². The van der Waals surface area contributed by atoms with Gasteiger partial charge in [-0.05, 0) is 87.4 Å². The van der Waals surface area contributed by atoms with Crippen molar-refractivity contribution in [3.8, 4) is 11.1 Å². The highest BCUT2D eigenvalue weighted by atomic mass is 16.6. The number of carbonyl (C=O) groups is 3. The number of ether oxygens (including phenoxy) is 2. The van der Waals surface area contributed by atoms with Crippen LogP contribution >= 0.6 is 0 Å². The molecule has 0 saturated carbocycles. The number of nitrogens with zero attached hydrogens (tertiary/aromatic N) is 3. The molecule has 10 heteroatoms. The van der Waals surface area contributed by atoms with Crippen molar-refractivity contribution in [3.63, 3.8) is 0 Å². The molecule has 2 amide bonds. The molecular formula is C38H46N4O6. The van der Waals surface area contributed by atoms with Gasteiger partial charge in [-0.1, -0.05) is 48.5 Å². The molecule has 10 nitrogen and oxygen atoms in total. The zero-order chi connectivity index (χ0) is 34.3. The lowest BCUT2D eigenvalue weighted by Gasteiger charge is -2.34. The van der Waals surface area contributed by atoms with Crippen molar-refractivity contribution in [2.75, 3.05) is 26.8 Å². The molecule has 3 aromatic carbocycles. The number of imidazole rings is 1. The highest BCUT2D eigenvalue weighted by Crippen LogP contribution is 2.30. The second-order valence-electron chi connectivity index (χ2n) is 13.5. The Morgan fingerprint density at radius 1 is 1.00 bits per heavy atom. The average Bonchev–Trinajstić information content (AvgIpc) is 3.43. The standard InChI is InChI=1S/C38H46N4O6/c1-38(2,3)48-37(46)39-31(23-26-12-14-27(15-13-26)28-16-18-29(19-17-28)36(44)45)24-34(43)41-20-7-9-30(25-41)35-40-32-10-5-6-11-33(32)42(35)21-8-22-47-4/h5-6,10-19,30-31H,7-9,20-25H2,1-4H3,(H,39,46)(H,44,45)/t30-,31-/m1/s1. The van der Waals surface area contributed by atoms with Crippen LogP contribution in [0.15, 0.2) is 72.8 Å². The molecule has 2 heterocycles. The van der Waals surface area contributed by atoms with Crippen molar-refractivity contribution in [1.82, 2.24) is 19.8 Å². The minimum atomic E-state index is -0.965. The number of carbonyl (C=O) groups excluding carboxylic acids is 2. The van der Waals surface area contributed by atoms with E-state index in [2.05, 4.69) is 16.0 Å². The van der Waals surface area contributed by atoms with Gasteiger partial charge in [0, 0.05) is 51.7 Å². The molecule has 0 radical (unpaired) electrons. The van der Waals surface area contributed by atoms with Crippen molar-refractivity contribution < 1.29 is 29.0 Å². The van der Waals surface area contributed by atoms with E-state index in [-0.39, 0.29) is 23.8 Å². The van der Waals surface area contributed by atoms with Gasteiger partial charge >= 0.3 is 12.1 Å². The van der Waals surface area contributed by atoms with Crippen LogP contribution in [0.4, 0.5) is 4.79 Å². The summed E-state index contributed by atoms with van der Waals surface area (Å²) in [5, 5.41) is 12.2. The smallest absolute Gasteiger partial charge is 0.407 e. The van der Waals surface area contributed by atoms with Crippen LogP contribution in [0.1, 0.15) is 74.1 Å². The van der Waals surface area contributed by atoms with Gasteiger partial charge in [-0.15, -0.1) is 0 Å². The first-order chi connectivity index (χ1) is 23.0. The number of likely N-dealkylation sites (tertiary alicyclic amines) is 1. The molecule has 2 N–H and O–H groups in total. The van der Waals surface area contributed by atoms with Crippen molar-refractivity contribution in [3.05, 3.63) is 89.7 Å². The van der Waals surface area contributed by atoms with Gasteiger partial charge in [0.05, 0.1) is 16.6 Å². The summed E-state index contributed by atoms with van der Waals surface area (Å²) in [6, 6.07) is 22.3. The van der Waals surface area contributed by atoms with Crippen molar-refractivity contribution in [1.29, 1.82) is 0 Å². The average molecular weight is 655 g/mol. The number of aromatic carboxylic acids is 1. The lowest BCUT2D eigenvalue weighted by atomic mass is 9.95. The fraction of sp³-hybridized carbons (Fsp3) is 0.421. The van der Waals surface area contributed by atoms with Crippen molar-refractivity contribution in [2.45, 2.75) is 77.0 Å². The molecule has 4 aromatic rings. The number of aromatic nitrogens is 2. The number of alkyl carbamates (subject to hydrolysis) is 1. The topological polar surface area (TPSA) is 123 Å². The Labute approximate surface area is 282 Å². The first kappa shape index (κ1) is 34.6. The fourth-order valence-corrected chi connectivity index (χ4v) is 6.33. The second kappa shape index (κ2) is 15.5. The predicted molar refractivity (Wildman–Crippen MR) is 185 cm³/mol. The number of rotatable bonds is 12. The predicted octanol–water partition coefficient (Wildman–Crippen LogP) is 6.67. The minimum Gasteiger partial charge on any atom is -0.478 e. The van der Waals surface area contributed by atoms with E-state index in [4.69, 9.17) is 14.5 Å². The largest absolute Gasteiger partial charge is 0.478 e. The number of methoxy groups -OCH3 is 1. The lowest BCUT2D eigenvalue weighted by molar-refractivity contribution is -0.133. The molecule has 48 heavy (non-hydrogen) atoms. The van der Waals surface area contributed by atoms with E-state index in [1.807, 2.05) is 68.1 Å². The van der Waals surface area contributed by atoms with Crippen LogP contribution in [0, 0.1) is 0 Å². The monoisotopic (exact) mass is 654 g/mol. The summed E-state index contributed by atoms with van der Waals surface area (Å²) in [7, 11) is 1.71. The third-order valence-corrected chi connectivity index (χ3v) is 8.60. The number of hydrogen-bond acceptors (Lipinski definition) is 6. The first-order valence-electron chi connectivity index (χ1n) is 16.6. The lowest BCUT2D eigenvalue weighted by Crippen LogP contribution is -2.46. The normalized spacial score (nSPS) is 15.7. The van der Waals surface area contributed by atoms with E-state index in [0.717, 1.165) is 59.4 Å². The number of aryl methyl sites for hydroxylation is 1. The number of carboxylic acid groups (broad SMARTS) is 1. The molecule has 254 valence electrons. The molecule has 5 rings (SSSR count). The number of hydrogen-bond donors (Lipinski definition) is 2. The zero-order valence-electron chi connectivity index (χ0n) is 28.3. The molecule has 0 aliphatic carbocycles. The summed E-state index contributed by atoms with van der Waals surface area (Å²) in [5.74, 6) is 0.128. The third kappa shape index (κ3) is 9.01.